The van der Waals surface area contributed by atoms with Crippen molar-refractivity contribution < 1.29 is 284 Å². The second kappa shape index (κ2) is 49.1. The first-order chi connectivity index (χ1) is 47.7. The van der Waals surface area contributed by atoms with Crippen molar-refractivity contribution in [3.05, 3.63) is 173 Å². The van der Waals surface area contributed by atoms with Crippen LogP contribution in [0.1, 0.15) is 177 Å². The summed E-state index contributed by atoms with van der Waals surface area (Å²) >= 11 is 0. The third-order valence-electron chi connectivity index (χ3n) is 16.8. The number of hydrogen-bond donors (Lipinski definition) is 0. The maximum atomic E-state index is 11.8. The molecule has 0 N–H and O–H groups in total. The minimum Gasteiger partial charge on any atom is -0.748 e. The Balaban J connectivity index is 0.00000972. The minimum absolute atomic E-state index is 0. The maximum absolute atomic E-state index is 11.8. The monoisotopic (exact) mass is 1670 g/mol. The summed E-state index contributed by atoms with van der Waals surface area (Å²) in [4.78, 5) is 0. The zero-order chi connectivity index (χ0) is 74.8. The normalized spacial score (nSPS) is 12.6. The quantitative estimate of drug-likeness (QED) is 0.0200. The number of aryl methyl sites for hydroxylation is 6. The zero-order valence-corrected chi connectivity index (χ0v) is 81.3. The molecular formula is C72H90Na6O24S6. The molecule has 12 bridgehead atoms. The predicted octanol–water partition coefficient (Wildman–Crippen LogP) is -8.36. The first-order valence-corrected chi connectivity index (χ1v) is 43.3. The summed E-state index contributed by atoms with van der Waals surface area (Å²) in [6, 6.07) is 23.3. The Morgan fingerprint density at radius 1 is 0.213 bits per heavy atom. The van der Waals surface area contributed by atoms with Gasteiger partial charge in [-0.2, -0.15) is 0 Å². The molecule has 0 saturated heterocycles. The average Bonchev–Trinajstić information content (AvgIpc) is 0.784. The van der Waals surface area contributed by atoms with Gasteiger partial charge in [0.2, 0.25) is 0 Å². The summed E-state index contributed by atoms with van der Waals surface area (Å²) in [6.45, 7) is 11.2. The largest absolute Gasteiger partial charge is 1.00 e. The van der Waals surface area contributed by atoms with E-state index >= 15 is 0 Å². The van der Waals surface area contributed by atoms with Gasteiger partial charge in [-0.1, -0.05) is 106 Å². The first kappa shape index (κ1) is 106. The van der Waals surface area contributed by atoms with Crippen LogP contribution in [0.3, 0.4) is 0 Å². The molecule has 6 aromatic rings. The molecule has 0 aromatic heterocycles. The molecule has 7 rings (SSSR count). The molecule has 108 heavy (non-hydrogen) atoms. The molecule has 0 spiro atoms. The van der Waals surface area contributed by atoms with Gasteiger partial charge in [0.05, 0.1) is 100 Å². The molecule has 0 amide bonds. The summed E-state index contributed by atoms with van der Waals surface area (Å²) < 4.78 is 253. The van der Waals surface area contributed by atoms with Crippen LogP contribution in [0.25, 0.3) is 0 Å². The fourth-order valence-corrected chi connectivity index (χ4v) is 16.2. The van der Waals surface area contributed by atoms with Crippen LogP contribution in [0.15, 0.2) is 72.8 Å². The molecule has 1 aliphatic rings. The predicted molar refractivity (Wildman–Crippen MR) is 380 cm³/mol. The van der Waals surface area contributed by atoms with E-state index in [-0.39, 0.29) is 333 Å². The van der Waals surface area contributed by atoms with Crippen LogP contribution in [0, 0.1) is 41.5 Å². The van der Waals surface area contributed by atoms with Crippen LogP contribution >= 0.6 is 0 Å². The van der Waals surface area contributed by atoms with Crippen LogP contribution in [-0.4, -0.2) is 152 Å². The number of fused-ring (bicyclic) bond motifs is 12. The Labute approximate surface area is 772 Å². The van der Waals surface area contributed by atoms with Gasteiger partial charge in [-0.25, -0.2) is 50.5 Å². The Morgan fingerprint density at radius 2 is 0.315 bits per heavy atom. The SMILES string of the molecule is Cc1cc2c(OCCCCS(=O)(=O)[O-])c(c1)Cc1cc(C)cc(c1OCCCCS(=O)(=O)[O-])Cc1cc(C)cc(c1OCCCCS(=O)(=O)[O-])Cc1cc(C)cc(c1OCCCCS(=O)(=O)[O-])Cc1cc(C)cc(c1OCCCCS(=O)(=O)[O-])Cc1cc(C)cc(c1OCCCCS(=O)(=O)[O-])C2.[Na+].[Na+].[Na+].[Na+].[Na+].[Na+]. The van der Waals surface area contributed by atoms with Crippen molar-refractivity contribution in [2.75, 3.05) is 74.2 Å². The van der Waals surface area contributed by atoms with Gasteiger partial charge in [-0.15, -0.1) is 0 Å². The third-order valence-corrected chi connectivity index (χ3v) is 21.6. The van der Waals surface area contributed by atoms with Gasteiger partial charge in [-0.05, 0) is 185 Å². The molecule has 0 aliphatic heterocycles. The average molecular weight is 1670 g/mol. The van der Waals surface area contributed by atoms with E-state index in [1.54, 1.807) is 0 Å². The summed E-state index contributed by atoms with van der Waals surface area (Å²) in [6.07, 6.45) is 1.70. The number of benzene rings is 6. The van der Waals surface area contributed by atoms with Crippen molar-refractivity contribution in [3.8, 4) is 34.5 Å². The smallest absolute Gasteiger partial charge is 0.748 e. The second-order valence-electron chi connectivity index (χ2n) is 26.4. The number of rotatable bonds is 36. The standard InChI is InChI=1S/C72H96O24S6.6Na/c1-49-31-55-43-57-33-50(2)35-59(68(57)92-20-8-14-26-98(76,77)78)45-61-37-52(4)39-63(70(61)94-22-10-16-28-100(82,83)84)47-65-41-54(6)42-66(72(65)96-24-12-18-30-102(88,89)90)48-64-40-53(5)38-62(71(64)95-23-11-17-29-101(85,86)87)46-60-36-51(3)34-58(69(60)93-21-9-15-27-99(79,80)81)44-56(32-49)67(55)91-19-7-13-25-97(73,74)75;;;;;;/h31-42H,7-30,43-48H2,1-6H3,(H,73,74,75)(H,76,77,78)(H,79,80,81)(H,82,83,84)(H,85,86,87)(H,88,89,90);;;;;;/q;6*+1/p-6. The Morgan fingerprint density at radius 3 is 0.407 bits per heavy atom. The second-order valence-corrected chi connectivity index (χ2v) is 35.6. The van der Waals surface area contributed by atoms with E-state index < -0.39 is 95.2 Å². The maximum Gasteiger partial charge on any atom is 1.00 e. The molecule has 0 atom stereocenters. The van der Waals surface area contributed by atoms with Crippen molar-refractivity contribution in [2.24, 2.45) is 0 Å². The first-order valence-electron chi connectivity index (χ1n) is 33.9. The molecule has 24 nitrogen and oxygen atoms in total. The van der Waals surface area contributed by atoms with Crippen LogP contribution in [0.5, 0.6) is 34.5 Å². The third kappa shape index (κ3) is 38.3. The van der Waals surface area contributed by atoms with E-state index in [4.69, 9.17) is 28.4 Å². The topological polar surface area (TPSA) is 399 Å². The summed E-state index contributed by atoms with van der Waals surface area (Å²) in [5.74, 6) is -1.30. The van der Waals surface area contributed by atoms with E-state index in [1.165, 1.54) is 0 Å². The van der Waals surface area contributed by atoms with E-state index in [0.717, 1.165) is 33.4 Å². The van der Waals surface area contributed by atoms with Gasteiger partial charge < -0.3 is 55.7 Å². The Hall–Kier alpha value is -0.420. The van der Waals surface area contributed by atoms with Crippen molar-refractivity contribution in [3.63, 3.8) is 0 Å². The molecule has 0 unspecified atom stereocenters. The van der Waals surface area contributed by atoms with Gasteiger partial charge in [0.1, 0.15) is 34.5 Å². The van der Waals surface area contributed by atoms with Gasteiger partial charge in [0.25, 0.3) is 0 Å². The molecule has 36 heteroatoms. The van der Waals surface area contributed by atoms with E-state index in [0.29, 0.717) is 101 Å². The molecule has 0 fully saturated rings. The summed E-state index contributed by atoms with van der Waals surface area (Å²) in [5.41, 5.74) is 12.6. The van der Waals surface area contributed by atoms with Crippen LogP contribution in [0.4, 0.5) is 0 Å². The fraction of sp³-hybridized carbons (Fsp3) is 0.500. The molecule has 564 valence electrons. The zero-order valence-electron chi connectivity index (χ0n) is 64.4. The molecule has 1 aliphatic carbocycles. The summed E-state index contributed by atoms with van der Waals surface area (Å²) in [7, 11) is -27.4. The van der Waals surface area contributed by atoms with Gasteiger partial charge in [-0.3, -0.25) is 0 Å². The van der Waals surface area contributed by atoms with Crippen molar-refractivity contribution in [2.45, 2.75) is 157 Å². The van der Waals surface area contributed by atoms with Crippen molar-refractivity contribution >= 4 is 60.7 Å². The van der Waals surface area contributed by atoms with Crippen LogP contribution < -0.4 is 206 Å². The van der Waals surface area contributed by atoms with E-state index in [1.807, 2.05) is 114 Å². The Kier molecular flexibility index (Phi) is 48.0. The van der Waals surface area contributed by atoms with Gasteiger partial charge >= 0.3 is 177 Å². The van der Waals surface area contributed by atoms with Gasteiger partial charge in [0.15, 0.2) is 0 Å². The molecule has 0 radical (unpaired) electrons. The van der Waals surface area contributed by atoms with E-state index in [9.17, 15) is 77.8 Å². The van der Waals surface area contributed by atoms with E-state index in [2.05, 4.69) is 0 Å². The van der Waals surface area contributed by atoms with Gasteiger partial charge in [0, 0.05) is 73.0 Å². The summed E-state index contributed by atoms with van der Waals surface area (Å²) in [5, 5.41) is 0. The minimum atomic E-state index is -4.57. The van der Waals surface area contributed by atoms with Crippen molar-refractivity contribution in [1.82, 2.24) is 0 Å². The molecule has 0 saturated carbocycles. The molecule has 6 aromatic carbocycles. The fourth-order valence-electron chi connectivity index (χ4n) is 12.8. The number of unbranched alkanes of at least 4 members (excludes halogenated alkanes) is 6. The van der Waals surface area contributed by atoms with Crippen molar-refractivity contribution in [1.29, 1.82) is 0 Å². The van der Waals surface area contributed by atoms with Crippen LogP contribution in [0.2, 0.25) is 0 Å². The molecular weight excluding hydrogens is 1580 g/mol. The number of hydrogen-bond acceptors (Lipinski definition) is 24. The number of ether oxygens (including phenoxy) is 6. The Bertz CT molecular complexity index is 3770. The van der Waals surface area contributed by atoms with Crippen LogP contribution in [-0.2, 0) is 99.2 Å². The molecule has 0 heterocycles.